The third-order valence-electron chi connectivity index (χ3n) is 3.47. The van der Waals surface area contributed by atoms with Crippen molar-refractivity contribution in [3.05, 3.63) is 30.1 Å². The molecule has 0 aliphatic rings. The van der Waals surface area contributed by atoms with Crippen LogP contribution in [-0.4, -0.2) is 24.6 Å². The predicted octanol–water partition coefficient (Wildman–Crippen LogP) is 2.62. The third kappa shape index (κ3) is 5.71. The Bertz CT molecular complexity index is 454. The molecule has 1 unspecified atom stereocenters. The maximum Gasteiger partial charge on any atom is 0.237 e. The Labute approximate surface area is 125 Å². The van der Waals surface area contributed by atoms with Crippen LogP contribution in [0.2, 0.25) is 0 Å². The lowest BCUT2D eigenvalue weighted by molar-refractivity contribution is -0.124. The van der Waals surface area contributed by atoms with Crippen molar-refractivity contribution in [3.63, 3.8) is 0 Å². The Morgan fingerprint density at radius 2 is 2.10 bits per heavy atom. The summed E-state index contributed by atoms with van der Waals surface area (Å²) < 4.78 is 18.7. The number of nitrogens with two attached hydrogens (primary N) is 1. The highest BCUT2D eigenvalue weighted by Gasteiger charge is 2.29. The maximum atomic E-state index is 13.3. The van der Waals surface area contributed by atoms with Crippen LogP contribution in [0, 0.1) is 5.82 Å². The van der Waals surface area contributed by atoms with E-state index in [1.165, 1.54) is 6.07 Å². The number of carbonyl (C=O) groups is 1. The highest BCUT2D eigenvalue weighted by molar-refractivity contribution is 5.84. The monoisotopic (exact) mass is 296 g/mol. The molecule has 0 radical (unpaired) electrons. The molecule has 0 aliphatic heterocycles. The van der Waals surface area contributed by atoms with Gasteiger partial charge in [-0.3, -0.25) is 4.79 Å². The molecule has 0 fully saturated rings. The van der Waals surface area contributed by atoms with Gasteiger partial charge in [-0.15, -0.1) is 0 Å². The zero-order chi connectivity index (χ0) is 15.7. The molecule has 0 aromatic heterocycles. The lowest BCUT2D eigenvalue weighted by atomic mass is 9.94. The highest BCUT2D eigenvalue weighted by atomic mass is 19.1. The van der Waals surface area contributed by atoms with Gasteiger partial charge in [0.2, 0.25) is 5.91 Å². The Morgan fingerprint density at radius 1 is 1.38 bits per heavy atom. The molecule has 0 saturated carbocycles. The fraction of sp³-hybridized carbons (Fsp3) is 0.562. The average Bonchev–Trinajstić information content (AvgIpc) is 2.46. The minimum atomic E-state index is -0.687. The molecule has 1 amide bonds. The second kappa shape index (κ2) is 8.62. The average molecular weight is 296 g/mol. The second-order valence-electron chi connectivity index (χ2n) is 5.36. The van der Waals surface area contributed by atoms with Crippen molar-refractivity contribution in [2.24, 2.45) is 5.73 Å². The van der Waals surface area contributed by atoms with Crippen LogP contribution in [0.5, 0.6) is 5.75 Å². The number of primary amides is 1. The summed E-state index contributed by atoms with van der Waals surface area (Å²) in [5.74, 6) is -0.436. The summed E-state index contributed by atoms with van der Waals surface area (Å²) in [6, 6.07) is 6.33. The third-order valence-corrected chi connectivity index (χ3v) is 3.47. The number of nitrogens with one attached hydrogen (secondary N) is 1. The highest BCUT2D eigenvalue weighted by Crippen LogP contribution is 2.17. The van der Waals surface area contributed by atoms with Gasteiger partial charge in [0.15, 0.2) is 11.6 Å². The number of para-hydroxylation sites is 1. The van der Waals surface area contributed by atoms with Crippen LogP contribution < -0.4 is 15.8 Å². The summed E-state index contributed by atoms with van der Waals surface area (Å²) in [5, 5.41) is 3.19. The number of hydrogen-bond donors (Lipinski definition) is 2. The fourth-order valence-electron chi connectivity index (χ4n) is 2.02. The SMILES string of the molecule is CCCNC(C)(CCCCOc1ccccc1F)C(N)=O. The molecule has 0 spiro atoms. The number of halogens is 1. The van der Waals surface area contributed by atoms with Crippen molar-refractivity contribution in [3.8, 4) is 5.75 Å². The first-order chi connectivity index (χ1) is 9.99. The van der Waals surface area contributed by atoms with E-state index in [0.29, 0.717) is 13.0 Å². The molecule has 5 heteroatoms. The van der Waals surface area contributed by atoms with E-state index in [-0.39, 0.29) is 17.5 Å². The van der Waals surface area contributed by atoms with Crippen LogP contribution >= 0.6 is 0 Å². The minimum Gasteiger partial charge on any atom is -0.491 e. The van der Waals surface area contributed by atoms with Gasteiger partial charge in [0.1, 0.15) is 0 Å². The van der Waals surface area contributed by atoms with E-state index >= 15 is 0 Å². The van der Waals surface area contributed by atoms with Crippen molar-refractivity contribution in [2.75, 3.05) is 13.2 Å². The Morgan fingerprint density at radius 3 is 2.71 bits per heavy atom. The summed E-state index contributed by atoms with van der Waals surface area (Å²) in [6.45, 7) is 5.04. The van der Waals surface area contributed by atoms with Gasteiger partial charge in [-0.1, -0.05) is 19.1 Å². The van der Waals surface area contributed by atoms with E-state index in [1.54, 1.807) is 18.2 Å². The van der Waals surface area contributed by atoms with Gasteiger partial charge in [-0.25, -0.2) is 4.39 Å². The van der Waals surface area contributed by atoms with E-state index < -0.39 is 5.54 Å². The van der Waals surface area contributed by atoms with E-state index in [1.807, 2.05) is 13.8 Å². The summed E-state index contributed by atoms with van der Waals surface area (Å²) in [6.07, 6.45) is 3.11. The van der Waals surface area contributed by atoms with Gasteiger partial charge in [0.25, 0.3) is 0 Å². The largest absolute Gasteiger partial charge is 0.491 e. The van der Waals surface area contributed by atoms with Crippen LogP contribution in [0.15, 0.2) is 24.3 Å². The van der Waals surface area contributed by atoms with E-state index in [9.17, 15) is 9.18 Å². The molecule has 1 aromatic carbocycles. The molecular weight excluding hydrogens is 271 g/mol. The number of benzene rings is 1. The molecule has 4 nitrogen and oxygen atoms in total. The lowest BCUT2D eigenvalue weighted by Gasteiger charge is -2.27. The standard InChI is InChI=1S/C16H25FN2O2/c1-3-11-19-16(2,15(18)20)10-6-7-12-21-14-9-5-4-8-13(14)17/h4-5,8-9,19H,3,6-7,10-12H2,1-2H3,(H2,18,20). The molecule has 0 aliphatic carbocycles. The van der Waals surface area contributed by atoms with Crippen molar-refractivity contribution >= 4 is 5.91 Å². The van der Waals surface area contributed by atoms with E-state index in [4.69, 9.17) is 10.5 Å². The maximum absolute atomic E-state index is 13.3. The molecule has 0 heterocycles. The number of hydrogen-bond acceptors (Lipinski definition) is 3. The molecule has 1 atom stereocenters. The molecule has 3 N–H and O–H groups in total. The number of unbranched alkanes of at least 4 members (excludes halogenated alkanes) is 1. The normalized spacial score (nSPS) is 13.7. The fourth-order valence-corrected chi connectivity index (χ4v) is 2.02. The van der Waals surface area contributed by atoms with Crippen LogP contribution in [-0.2, 0) is 4.79 Å². The van der Waals surface area contributed by atoms with Gasteiger partial charge < -0.3 is 15.8 Å². The first-order valence-corrected chi connectivity index (χ1v) is 7.42. The minimum absolute atomic E-state index is 0.263. The molecular formula is C16H25FN2O2. The predicted molar refractivity (Wildman–Crippen MR) is 81.6 cm³/mol. The zero-order valence-electron chi connectivity index (χ0n) is 12.8. The first-order valence-electron chi connectivity index (χ1n) is 7.42. The molecule has 1 rings (SSSR count). The van der Waals surface area contributed by atoms with Gasteiger partial charge in [0, 0.05) is 0 Å². The molecule has 118 valence electrons. The summed E-state index contributed by atoms with van der Waals surface area (Å²) >= 11 is 0. The van der Waals surface area contributed by atoms with Gasteiger partial charge >= 0.3 is 0 Å². The zero-order valence-corrected chi connectivity index (χ0v) is 12.8. The van der Waals surface area contributed by atoms with Gasteiger partial charge in [0.05, 0.1) is 12.1 Å². The summed E-state index contributed by atoms with van der Waals surface area (Å²) in [5.41, 5.74) is 4.77. The van der Waals surface area contributed by atoms with Crippen LogP contribution in [0.1, 0.15) is 39.5 Å². The summed E-state index contributed by atoms with van der Waals surface area (Å²) in [4.78, 5) is 11.5. The molecule has 0 bridgehead atoms. The van der Waals surface area contributed by atoms with Crippen LogP contribution in [0.3, 0.4) is 0 Å². The number of amides is 1. The smallest absolute Gasteiger partial charge is 0.237 e. The first kappa shape index (κ1) is 17.4. The lowest BCUT2D eigenvalue weighted by Crippen LogP contribution is -2.53. The topological polar surface area (TPSA) is 64.3 Å². The molecule has 21 heavy (non-hydrogen) atoms. The van der Waals surface area contributed by atoms with Crippen LogP contribution in [0.25, 0.3) is 0 Å². The van der Waals surface area contributed by atoms with Crippen molar-refractivity contribution in [1.29, 1.82) is 0 Å². The van der Waals surface area contributed by atoms with Crippen LogP contribution in [0.4, 0.5) is 4.39 Å². The Balaban J connectivity index is 2.32. The Kier molecular flexibility index (Phi) is 7.15. The van der Waals surface area contributed by atoms with Crippen molar-refractivity contribution in [1.82, 2.24) is 5.32 Å². The number of ether oxygens (including phenoxy) is 1. The number of rotatable bonds is 10. The molecule has 0 saturated heterocycles. The van der Waals surface area contributed by atoms with Crippen molar-refractivity contribution in [2.45, 2.75) is 45.1 Å². The van der Waals surface area contributed by atoms with E-state index in [2.05, 4.69) is 5.32 Å². The van der Waals surface area contributed by atoms with Crippen molar-refractivity contribution < 1.29 is 13.9 Å². The van der Waals surface area contributed by atoms with Gasteiger partial charge in [-0.05, 0) is 51.3 Å². The van der Waals surface area contributed by atoms with E-state index in [0.717, 1.165) is 25.8 Å². The number of carbonyl (C=O) groups excluding carboxylic acids is 1. The summed E-state index contributed by atoms with van der Waals surface area (Å²) in [7, 11) is 0. The molecule has 1 aromatic rings. The quantitative estimate of drug-likeness (QED) is 0.652. The second-order valence-corrected chi connectivity index (χ2v) is 5.36. The Hall–Kier alpha value is -1.62. The van der Waals surface area contributed by atoms with Gasteiger partial charge in [-0.2, -0.15) is 0 Å².